The number of nitrogens with zero attached hydrogens (tertiary/aromatic N) is 1. The SMILES string of the molecule is COc1cccc2sc(NC(=O)c3ccc(OC(F)F)cc3)nc12. The molecule has 124 valence electrons. The van der Waals surface area contributed by atoms with Crippen LogP contribution in [-0.2, 0) is 0 Å². The van der Waals surface area contributed by atoms with E-state index in [2.05, 4.69) is 15.0 Å². The van der Waals surface area contributed by atoms with E-state index < -0.39 is 12.5 Å². The molecule has 0 saturated heterocycles. The van der Waals surface area contributed by atoms with Gasteiger partial charge in [0.2, 0.25) is 0 Å². The molecule has 1 heterocycles. The number of halogens is 2. The number of ether oxygens (including phenoxy) is 2. The smallest absolute Gasteiger partial charge is 0.387 e. The van der Waals surface area contributed by atoms with Crippen molar-refractivity contribution in [1.29, 1.82) is 0 Å². The van der Waals surface area contributed by atoms with E-state index in [1.165, 1.54) is 35.6 Å². The Bertz CT molecular complexity index is 865. The van der Waals surface area contributed by atoms with Gasteiger partial charge in [-0.2, -0.15) is 8.78 Å². The highest BCUT2D eigenvalue weighted by Crippen LogP contribution is 2.32. The van der Waals surface area contributed by atoms with Crippen molar-refractivity contribution in [2.24, 2.45) is 0 Å². The number of amides is 1. The number of benzene rings is 2. The second-order valence-electron chi connectivity index (χ2n) is 4.68. The van der Waals surface area contributed by atoms with Crippen LogP contribution in [-0.4, -0.2) is 24.6 Å². The predicted octanol–water partition coefficient (Wildman–Crippen LogP) is 4.16. The Morgan fingerprint density at radius 2 is 1.96 bits per heavy atom. The summed E-state index contributed by atoms with van der Waals surface area (Å²) in [4.78, 5) is 16.6. The molecule has 0 radical (unpaired) electrons. The van der Waals surface area contributed by atoms with E-state index in [1.54, 1.807) is 13.2 Å². The van der Waals surface area contributed by atoms with Gasteiger partial charge in [-0.25, -0.2) is 4.98 Å². The van der Waals surface area contributed by atoms with Crippen molar-refractivity contribution in [2.75, 3.05) is 12.4 Å². The maximum atomic E-state index is 12.2. The molecule has 1 amide bonds. The molecule has 0 bridgehead atoms. The minimum Gasteiger partial charge on any atom is -0.494 e. The number of thiazole rings is 1. The number of carbonyl (C=O) groups excluding carboxylic acids is 1. The van der Waals surface area contributed by atoms with Crippen molar-refractivity contribution in [3.63, 3.8) is 0 Å². The standard InChI is InChI=1S/C16H12F2N2O3S/c1-22-11-3-2-4-12-13(11)19-16(24-12)20-14(21)9-5-7-10(8-6-9)23-15(17)18/h2-8,15H,1H3,(H,19,20,21). The monoisotopic (exact) mass is 350 g/mol. The first kappa shape index (κ1) is 16.1. The molecule has 3 rings (SSSR count). The quantitative estimate of drug-likeness (QED) is 0.751. The van der Waals surface area contributed by atoms with Crippen LogP contribution in [0.1, 0.15) is 10.4 Å². The number of aromatic nitrogens is 1. The molecule has 1 N–H and O–H groups in total. The molecule has 1 aromatic heterocycles. The van der Waals surface area contributed by atoms with Crippen molar-refractivity contribution in [1.82, 2.24) is 4.98 Å². The molecule has 2 aromatic carbocycles. The lowest BCUT2D eigenvalue weighted by Gasteiger charge is -2.05. The summed E-state index contributed by atoms with van der Waals surface area (Å²) in [6.45, 7) is -2.90. The van der Waals surface area contributed by atoms with Gasteiger partial charge in [0.15, 0.2) is 5.13 Å². The van der Waals surface area contributed by atoms with Gasteiger partial charge in [0.05, 0.1) is 11.8 Å². The molecule has 0 unspecified atom stereocenters. The van der Waals surface area contributed by atoms with Crippen LogP contribution in [0.5, 0.6) is 11.5 Å². The fourth-order valence-electron chi connectivity index (χ4n) is 2.10. The van der Waals surface area contributed by atoms with E-state index in [9.17, 15) is 13.6 Å². The Labute approximate surface area is 139 Å². The summed E-state index contributed by atoms with van der Waals surface area (Å²) in [5.74, 6) is 0.223. The van der Waals surface area contributed by atoms with Crippen molar-refractivity contribution in [3.8, 4) is 11.5 Å². The number of alkyl halides is 2. The average Bonchev–Trinajstić information content (AvgIpc) is 2.97. The van der Waals surface area contributed by atoms with Gasteiger partial charge < -0.3 is 9.47 Å². The van der Waals surface area contributed by atoms with E-state index in [0.29, 0.717) is 22.0 Å². The van der Waals surface area contributed by atoms with Crippen LogP contribution in [0.25, 0.3) is 10.2 Å². The van der Waals surface area contributed by atoms with E-state index in [0.717, 1.165) is 4.70 Å². The van der Waals surface area contributed by atoms with Crippen LogP contribution in [0.3, 0.4) is 0 Å². The van der Waals surface area contributed by atoms with E-state index in [1.807, 2.05) is 12.1 Å². The first-order valence-corrected chi connectivity index (χ1v) is 7.68. The Morgan fingerprint density at radius 3 is 2.62 bits per heavy atom. The second-order valence-corrected chi connectivity index (χ2v) is 5.71. The molecule has 0 aliphatic heterocycles. The normalized spacial score (nSPS) is 10.8. The fourth-order valence-corrected chi connectivity index (χ4v) is 2.98. The van der Waals surface area contributed by atoms with Crippen LogP contribution < -0.4 is 14.8 Å². The van der Waals surface area contributed by atoms with Crippen LogP contribution in [0.4, 0.5) is 13.9 Å². The second kappa shape index (κ2) is 6.79. The largest absolute Gasteiger partial charge is 0.494 e. The molecule has 3 aromatic rings. The molecule has 5 nitrogen and oxygen atoms in total. The lowest BCUT2D eigenvalue weighted by Crippen LogP contribution is -2.11. The molecule has 0 aliphatic carbocycles. The van der Waals surface area contributed by atoms with Crippen molar-refractivity contribution in [2.45, 2.75) is 6.61 Å². The van der Waals surface area contributed by atoms with E-state index in [-0.39, 0.29) is 5.75 Å². The van der Waals surface area contributed by atoms with Gasteiger partial charge in [0.1, 0.15) is 17.0 Å². The molecular weight excluding hydrogens is 338 g/mol. The van der Waals surface area contributed by atoms with Gasteiger partial charge >= 0.3 is 6.61 Å². The molecule has 8 heteroatoms. The predicted molar refractivity (Wildman–Crippen MR) is 87.2 cm³/mol. The Hall–Kier alpha value is -2.74. The summed E-state index contributed by atoms with van der Waals surface area (Å²) < 4.78 is 34.6. The number of nitrogens with one attached hydrogen (secondary N) is 1. The molecule has 0 atom stereocenters. The lowest BCUT2D eigenvalue weighted by molar-refractivity contribution is -0.0498. The minimum atomic E-state index is -2.90. The van der Waals surface area contributed by atoms with Crippen LogP contribution in [0.2, 0.25) is 0 Å². The van der Waals surface area contributed by atoms with Crippen molar-refractivity contribution >= 4 is 32.6 Å². The van der Waals surface area contributed by atoms with Crippen LogP contribution >= 0.6 is 11.3 Å². The zero-order valence-electron chi connectivity index (χ0n) is 12.5. The Kier molecular flexibility index (Phi) is 4.57. The summed E-state index contributed by atoms with van der Waals surface area (Å²) in [7, 11) is 1.55. The summed E-state index contributed by atoms with van der Waals surface area (Å²) >= 11 is 1.31. The third-order valence-electron chi connectivity index (χ3n) is 3.16. The van der Waals surface area contributed by atoms with Crippen molar-refractivity contribution in [3.05, 3.63) is 48.0 Å². The molecule has 24 heavy (non-hydrogen) atoms. The maximum Gasteiger partial charge on any atom is 0.387 e. The number of methoxy groups -OCH3 is 1. The van der Waals surface area contributed by atoms with Crippen LogP contribution in [0, 0.1) is 0 Å². The lowest BCUT2D eigenvalue weighted by atomic mass is 10.2. The van der Waals surface area contributed by atoms with Gasteiger partial charge in [0.25, 0.3) is 5.91 Å². The molecular formula is C16H12F2N2O3S. The highest BCUT2D eigenvalue weighted by molar-refractivity contribution is 7.22. The minimum absolute atomic E-state index is 0.00808. The fraction of sp³-hybridized carbons (Fsp3) is 0.125. The third kappa shape index (κ3) is 3.43. The number of fused-ring (bicyclic) bond motifs is 1. The van der Waals surface area contributed by atoms with E-state index in [4.69, 9.17) is 4.74 Å². The van der Waals surface area contributed by atoms with Gasteiger partial charge in [-0.3, -0.25) is 10.1 Å². The van der Waals surface area contributed by atoms with Gasteiger partial charge in [0, 0.05) is 5.56 Å². The highest BCUT2D eigenvalue weighted by Gasteiger charge is 2.13. The molecule has 0 aliphatic rings. The summed E-state index contributed by atoms with van der Waals surface area (Å²) in [5, 5.41) is 3.11. The van der Waals surface area contributed by atoms with Gasteiger partial charge in [-0.05, 0) is 36.4 Å². The summed E-state index contributed by atoms with van der Waals surface area (Å²) in [6.07, 6.45) is 0. The summed E-state index contributed by atoms with van der Waals surface area (Å²) in [5.41, 5.74) is 0.976. The number of anilines is 1. The number of carbonyl (C=O) groups is 1. The van der Waals surface area contributed by atoms with E-state index >= 15 is 0 Å². The highest BCUT2D eigenvalue weighted by atomic mass is 32.1. The Balaban J connectivity index is 1.77. The average molecular weight is 350 g/mol. The zero-order chi connectivity index (χ0) is 17.1. The van der Waals surface area contributed by atoms with Gasteiger partial charge in [-0.1, -0.05) is 17.4 Å². The first-order valence-electron chi connectivity index (χ1n) is 6.86. The van der Waals surface area contributed by atoms with Gasteiger partial charge in [-0.15, -0.1) is 0 Å². The number of hydrogen-bond donors (Lipinski definition) is 1. The summed E-state index contributed by atoms with van der Waals surface area (Å²) in [6, 6.07) is 10.9. The first-order chi connectivity index (χ1) is 11.6. The Morgan fingerprint density at radius 1 is 1.21 bits per heavy atom. The number of hydrogen-bond acceptors (Lipinski definition) is 5. The molecule has 0 spiro atoms. The number of rotatable bonds is 5. The maximum absolute atomic E-state index is 12.2. The zero-order valence-corrected chi connectivity index (χ0v) is 13.3. The molecule has 0 saturated carbocycles. The third-order valence-corrected chi connectivity index (χ3v) is 4.10. The molecule has 0 fully saturated rings. The topological polar surface area (TPSA) is 60.5 Å². The number of para-hydroxylation sites is 1. The van der Waals surface area contributed by atoms with Crippen LogP contribution in [0.15, 0.2) is 42.5 Å². The van der Waals surface area contributed by atoms with Crippen molar-refractivity contribution < 1.29 is 23.0 Å².